The number of nitrogens with zero attached hydrogens (tertiary/aromatic N) is 1. The monoisotopic (exact) mass is 371 g/mol. The second-order valence-electron chi connectivity index (χ2n) is 10.0. The summed E-state index contributed by atoms with van der Waals surface area (Å²) in [7, 11) is -2.83. The van der Waals surface area contributed by atoms with Crippen molar-refractivity contribution in [3.63, 3.8) is 0 Å². The summed E-state index contributed by atoms with van der Waals surface area (Å²) in [6.45, 7) is 14.2. The van der Waals surface area contributed by atoms with E-state index in [-0.39, 0.29) is 11.7 Å². The smallest absolute Gasteiger partial charge is 0.191 e. The minimum absolute atomic E-state index is 0.162. The zero-order valence-electron chi connectivity index (χ0n) is 16.9. The van der Waals surface area contributed by atoms with Crippen LogP contribution in [0.3, 0.4) is 0 Å². The maximum Gasteiger partial charge on any atom is 0.191 e. The normalized spacial score (nSPS) is 28.9. The predicted octanol–water partition coefficient (Wildman–Crippen LogP) is 2.97. The summed E-state index contributed by atoms with van der Waals surface area (Å²) in [5.74, 6) is 1.60. The van der Waals surface area contributed by atoms with Gasteiger partial charge in [0.05, 0.1) is 11.5 Å². The Kier molecular flexibility index (Phi) is 6.12. The zero-order valence-corrected chi connectivity index (χ0v) is 17.7. The second-order valence-corrected chi connectivity index (χ2v) is 12.2. The van der Waals surface area contributed by atoms with Gasteiger partial charge >= 0.3 is 0 Å². The van der Waals surface area contributed by atoms with Crippen LogP contribution in [0.15, 0.2) is 4.99 Å². The van der Waals surface area contributed by atoms with Crippen molar-refractivity contribution < 1.29 is 8.42 Å². The molecule has 2 rings (SSSR count). The molecule has 2 N–H and O–H groups in total. The number of nitrogens with one attached hydrogen (secondary N) is 2. The van der Waals surface area contributed by atoms with Crippen LogP contribution in [0.25, 0.3) is 0 Å². The highest BCUT2D eigenvalue weighted by molar-refractivity contribution is 7.91. The van der Waals surface area contributed by atoms with Crippen molar-refractivity contribution in [2.45, 2.75) is 79.3 Å². The molecular weight excluding hydrogens is 334 g/mol. The Labute approximate surface area is 154 Å². The molecule has 0 aromatic carbocycles. The van der Waals surface area contributed by atoms with Gasteiger partial charge in [0.2, 0.25) is 0 Å². The van der Waals surface area contributed by atoms with E-state index in [1.807, 2.05) is 0 Å². The quantitative estimate of drug-likeness (QED) is 0.589. The standard InChI is InChI=1S/C19H37N3O2S/c1-14(2)21-17(20-11-15-7-8-25(23,24)12-15)22-16-9-18(3,4)13-19(5,6)10-16/h14-16H,7-13H2,1-6H3,(H2,20,21,22). The number of sulfone groups is 1. The summed E-state index contributed by atoms with van der Waals surface area (Å²) in [4.78, 5) is 4.73. The molecule has 0 radical (unpaired) electrons. The first kappa shape index (κ1) is 20.5. The van der Waals surface area contributed by atoms with E-state index in [2.05, 4.69) is 52.2 Å². The Balaban J connectivity index is 2.03. The average Bonchev–Trinajstić information content (AvgIpc) is 2.71. The van der Waals surface area contributed by atoms with E-state index in [9.17, 15) is 8.42 Å². The van der Waals surface area contributed by atoms with Gasteiger partial charge in [0.25, 0.3) is 0 Å². The van der Waals surface area contributed by atoms with Gasteiger partial charge in [-0.25, -0.2) is 8.42 Å². The van der Waals surface area contributed by atoms with Gasteiger partial charge in [-0.3, -0.25) is 4.99 Å². The van der Waals surface area contributed by atoms with E-state index >= 15 is 0 Å². The highest BCUT2D eigenvalue weighted by Gasteiger charge is 2.38. The maximum atomic E-state index is 11.6. The van der Waals surface area contributed by atoms with Crippen LogP contribution >= 0.6 is 0 Å². The van der Waals surface area contributed by atoms with Gasteiger partial charge in [-0.1, -0.05) is 27.7 Å². The Morgan fingerprint density at radius 3 is 2.24 bits per heavy atom. The minimum Gasteiger partial charge on any atom is -0.354 e. The molecule has 5 nitrogen and oxygen atoms in total. The molecule has 2 aliphatic rings. The first-order valence-corrected chi connectivity index (χ1v) is 11.5. The largest absolute Gasteiger partial charge is 0.354 e. The molecule has 6 heteroatoms. The molecule has 0 aromatic heterocycles. The molecule has 0 spiro atoms. The molecule has 25 heavy (non-hydrogen) atoms. The Morgan fingerprint density at radius 1 is 1.16 bits per heavy atom. The van der Waals surface area contributed by atoms with Crippen LogP contribution in [-0.4, -0.2) is 44.5 Å². The molecule has 0 bridgehead atoms. The molecule has 146 valence electrons. The fourth-order valence-electron chi connectivity index (χ4n) is 4.78. The summed E-state index contributed by atoms with van der Waals surface area (Å²) in [5.41, 5.74) is 0.643. The number of aliphatic imine (C=N–C) groups is 1. The van der Waals surface area contributed by atoms with Crippen LogP contribution in [0.5, 0.6) is 0 Å². The van der Waals surface area contributed by atoms with Gasteiger partial charge in [-0.15, -0.1) is 0 Å². The van der Waals surface area contributed by atoms with Gasteiger partial charge in [-0.05, 0) is 56.3 Å². The van der Waals surface area contributed by atoms with Gasteiger partial charge in [0.1, 0.15) is 0 Å². The molecule has 1 saturated heterocycles. The van der Waals surface area contributed by atoms with E-state index in [1.165, 1.54) is 6.42 Å². The van der Waals surface area contributed by atoms with Crippen molar-refractivity contribution in [1.29, 1.82) is 0 Å². The Hall–Kier alpha value is -0.780. The molecule has 1 saturated carbocycles. The Bertz CT molecular complexity index is 578. The lowest BCUT2D eigenvalue weighted by Crippen LogP contribution is -2.51. The summed E-state index contributed by atoms with van der Waals surface area (Å²) in [6.07, 6.45) is 4.24. The lowest BCUT2D eigenvalue weighted by atomic mass is 9.63. The highest BCUT2D eigenvalue weighted by atomic mass is 32.2. The first-order valence-electron chi connectivity index (χ1n) is 9.64. The lowest BCUT2D eigenvalue weighted by molar-refractivity contribution is 0.0917. The van der Waals surface area contributed by atoms with Crippen molar-refractivity contribution in [1.82, 2.24) is 10.6 Å². The van der Waals surface area contributed by atoms with Crippen molar-refractivity contribution in [3.8, 4) is 0 Å². The van der Waals surface area contributed by atoms with Crippen molar-refractivity contribution >= 4 is 15.8 Å². The second kappa shape index (κ2) is 7.45. The van der Waals surface area contributed by atoms with E-state index in [4.69, 9.17) is 4.99 Å². The first-order chi connectivity index (χ1) is 11.4. The van der Waals surface area contributed by atoms with Gasteiger partial charge in [0, 0.05) is 18.6 Å². The third kappa shape index (κ3) is 6.80. The third-order valence-corrected chi connectivity index (χ3v) is 6.99. The summed E-state index contributed by atoms with van der Waals surface area (Å²) in [5, 5.41) is 7.05. The third-order valence-electron chi connectivity index (χ3n) is 5.16. The molecule has 0 amide bonds. The predicted molar refractivity (Wildman–Crippen MR) is 106 cm³/mol. The topological polar surface area (TPSA) is 70.6 Å². The fourth-order valence-corrected chi connectivity index (χ4v) is 6.63. The minimum atomic E-state index is -2.83. The number of hydrogen-bond donors (Lipinski definition) is 2. The summed E-state index contributed by atoms with van der Waals surface area (Å²) >= 11 is 0. The number of hydrogen-bond acceptors (Lipinski definition) is 3. The average molecular weight is 372 g/mol. The van der Waals surface area contributed by atoms with Crippen LogP contribution in [-0.2, 0) is 9.84 Å². The lowest BCUT2D eigenvalue weighted by Gasteiger charge is -2.45. The van der Waals surface area contributed by atoms with Crippen LogP contribution in [0.4, 0.5) is 0 Å². The van der Waals surface area contributed by atoms with Crippen molar-refractivity contribution in [3.05, 3.63) is 0 Å². The van der Waals surface area contributed by atoms with Crippen LogP contribution in [0.1, 0.15) is 67.2 Å². The number of rotatable bonds is 4. The summed E-state index contributed by atoms with van der Waals surface area (Å²) in [6, 6.07) is 0.694. The molecule has 0 aromatic rings. The molecule has 1 unspecified atom stereocenters. The molecule has 1 aliphatic carbocycles. The summed E-state index contributed by atoms with van der Waals surface area (Å²) < 4.78 is 23.3. The van der Waals surface area contributed by atoms with E-state index < -0.39 is 9.84 Å². The van der Waals surface area contributed by atoms with Crippen molar-refractivity contribution in [2.24, 2.45) is 21.7 Å². The van der Waals surface area contributed by atoms with Gasteiger partial charge in [-0.2, -0.15) is 0 Å². The highest BCUT2D eigenvalue weighted by Crippen LogP contribution is 2.45. The van der Waals surface area contributed by atoms with Crippen LogP contribution in [0.2, 0.25) is 0 Å². The van der Waals surface area contributed by atoms with Gasteiger partial charge < -0.3 is 10.6 Å². The molecule has 1 atom stereocenters. The SMILES string of the molecule is CC(C)NC(=NCC1CCS(=O)(=O)C1)NC1CC(C)(C)CC(C)(C)C1. The van der Waals surface area contributed by atoms with Crippen LogP contribution < -0.4 is 10.6 Å². The zero-order chi connectivity index (χ0) is 18.9. The Morgan fingerprint density at radius 2 is 1.76 bits per heavy atom. The molecular formula is C19H37N3O2S. The molecule has 2 fully saturated rings. The van der Waals surface area contributed by atoms with Crippen molar-refractivity contribution in [2.75, 3.05) is 18.1 Å². The molecule has 1 aliphatic heterocycles. The molecule has 1 heterocycles. The fraction of sp³-hybridized carbons (Fsp3) is 0.947. The maximum absolute atomic E-state index is 11.6. The van der Waals surface area contributed by atoms with E-state index in [0.717, 1.165) is 25.2 Å². The van der Waals surface area contributed by atoms with E-state index in [0.29, 0.717) is 35.2 Å². The van der Waals surface area contributed by atoms with E-state index in [1.54, 1.807) is 0 Å². The van der Waals surface area contributed by atoms with Gasteiger partial charge in [0.15, 0.2) is 15.8 Å². The van der Waals surface area contributed by atoms with Crippen LogP contribution in [0, 0.1) is 16.7 Å². The number of guanidine groups is 1.